The van der Waals surface area contributed by atoms with Crippen LogP contribution in [0.5, 0.6) is 5.75 Å². The molecule has 20 heavy (non-hydrogen) atoms. The van der Waals surface area contributed by atoms with E-state index in [1.807, 2.05) is 12.1 Å². The van der Waals surface area contributed by atoms with E-state index in [1.165, 1.54) is 24.8 Å². The molecular weight excluding hydrogens is 270 g/mol. The standard InChI is InChI=1S/C17H26ClNO/c1-4-9-19-16-7-5-13(12(16)2)10-14-11-15(18)6-8-17(14)20-3/h6,8,11-13,16,19H,4-5,7,9-10H2,1-3H3. The highest BCUT2D eigenvalue weighted by Crippen LogP contribution is 2.36. The largest absolute Gasteiger partial charge is 0.496 e. The Hall–Kier alpha value is -0.730. The molecule has 0 saturated heterocycles. The zero-order valence-corrected chi connectivity index (χ0v) is 13.5. The van der Waals surface area contributed by atoms with Crippen LogP contribution in [0.4, 0.5) is 0 Å². The first-order valence-electron chi connectivity index (χ1n) is 7.71. The van der Waals surface area contributed by atoms with E-state index >= 15 is 0 Å². The summed E-state index contributed by atoms with van der Waals surface area (Å²) in [4.78, 5) is 0. The van der Waals surface area contributed by atoms with Crippen molar-refractivity contribution in [2.75, 3.05) is 13.7 Å². The van der Waals surface area contributed by atoms with E-state index in [9.17, 15) is 0 Å². The normalized spacial score (nSPS) is 25.9. The van der Waals surface area contributed by atoms with E-state index in [1.54, 1.807) is 7.11 Å². The summed E-state index contributed by atoms with van der Waals surface area (Å²) in [5.74, 6) is 2.40. The number of hydrogen-bond acceptors (Lipinski definition) is 2. The Morgan fingerprint density at radius 3 is 2.85 bits per heavy atom. The van der Waals surface area contributed by atoms with Gasteiger partial charge in [0.05, 0.1) is 7.11 Å². The highest BCUT2D eigenvalue weighted by molar-refractivity contribution is 6.30. The third kappa shape index (κ3) is 3.67. The van der Waals surface area contributed by atoms with Gasteiger partial charge in [0.2, 0.25) is 0 Å². The first kappa shape index (κ1) is 15.7. The molecule has 1 fully saturated rings. The zero-order valence-electron chi connectivity index (χ0n) is 12.8. The third-order valence-corrected chi connectivity index (χ3v) is 4.84. The van der Waals surface area contributed by atoms with Gasteiger partial charge in [-0.15, -0.1) is 0 Å². The molecule has 2 rings (SSSR count). The van der Waals surface area contributed by atoms with Crippen LogP contribution in [-0.4, -0.2) is 19.7 Å². The predicted molar refractivity (Wildman–Crippen MR) is 85.7 cm³/mol. The van der Waals surface area contributed by atoms with Crippen molar-refractivity contribution in [1.82, 2.24) is 5.32 Å². The van der Waals surface area contributed by atoms with Gasteiger partial charge in [-0.1, -0.05) is 25.4 Å². The van der Waals surface area contributed by atoms with E-state index in [0.717, 1.165) is 29.7 Å². The molecule has 3 heteroatoms. The summed E-state index contributed by atoms with van der Waals surface area (Å²) in [6.07, 6.45) is 4.85. The Kier molecular flexibility index (Phi) is 5.74. The lowest BCUT2D eigenvalue weighted by Gasteiger charge is -2.22. The van der Waals surface area contributed by atoms with Gasteiger partial charge in [0, 0.05) is 11.1 Å². The molecule has 3 atom stereocenters. The number of methoxy groups -OCH3 is 1. The molecule has 1 aromatic carbocycles. The van der Waals surface area contributed by atoms with Crippen LogP contribution in [0.1, 0.15) is 38.7 Å². The maximum atomic E-state index is 6.12. The van der Waals surface area contributed by atoms with E-state index in [-0.39, 0.29) is 0 Å². The van der Waals surface area contributed by atoms with Crippen LogP contribution in [0.25, 0.3) is 0 Å². The molecular formula is C17H26ClNO. The Morgan fingerprint density at radius 1 is 1.35 bits per heavy atom. The van der Waals surface area contributed by atoms with Crippen LogP contribution in [-0.2, 0) is 6.42 Å². The van der Waals surface area contributed by atoms with Gasteiger partial charge in [-0.05, 0) is 67.8 Å². The number of benzene rings is 1. The summed E-state index contributed by atoms with van der Waals surface area (Å²) in [6, 6.07) is 6.60. The fourth-order valence-electron chi connectivity index (χ4n) is 3.34. The number of ether oxygens (including phenoxy) is 1. The van der Waals surface area contributed by atoms with Crippen molar-refractivity contribution in [2.45, 2.75) is 45.6 Å². The number of rotatable bonds is 6. The van der Waals surface area contributed by atoms with Gasteiger partial charge in [-0.2, -0.15) is 0 Å². The molecule has 0 spiro atoms. The summed E-state index contributed by atoms with van der Waals surface area (Å²) in [5, 5.41) is 4.48. The SMILES string of the molecule is CCCNC1CCC(Cc2cc(Cl)ccc2OC)C1C. The van der Waals surface area contributed by atoms with Crippen LogP contribution in [0, 0.1) is 11.8 Å². The molecule has 3 unspecified atom stereocenters. The lowest BCUT2D eigenvalue weighted by atomic mass is 9.89. The van der Waals surface area contributed by atoms with Gasteiger partial charge in [0.25, 0.3) is 0 Å². The Morgan fingerprint density at radius 2 is 2.15 bits per heavy atom. The zero-order chi connectivity index (χ0) is 14.5. The van der Waals surface area contributed by atoms with Crippen LogP contribution in [0.3, 0.4) is 0 Å². The fourth-order valence-corrected chi connectivity index (χ4v) is 3.54. The van der Waals surface area contributed by atoms with E-state index in [4.69, 9.17) is 16.3 Å². The van der Waals surface area contributed by atoms with Gasteiger partial charge in [-0.3, -0.25) is 0 Å². The molecule has 2 nitrogen and oxygen atoms in total. The average molecular weight is 296 g/mol. The monoisotopic (exact) mass is 295 g/mol. The molecule has 112 valence electrons. The molecule has 0 radical (unpaired) electrons. The molecule has 1 aromatic rings. The van der Waals surface area contributed by atoms with Crippen molar-refractivity contribution in [3.63, 3.8) is 0 Å². The van der Waals surface area contributed by atoms with Crippen molar-refractivity contribution in [2.24, 2.45) is 11.8 Å². The van der Waals surface area contributed by atoms with Crippen LogP contribution < -0.4 is 10.1 Å². The smallest absolute Gasteiger partial charge is 0.122 e. The summed E-state index contributed by atoms with van der Waals surface area (Å²) in [7, 11) is 1.73. The molecule has 0 bridgehead atoms. The first-order chi connectivity index (χ1) is 9.65. The summed E-state index contributed by atoms with van der Waals surface area (Å²) >= 11 is 6.12. The van der Waals surface area contributed by atoms with E-state index < -0.39 is 0 Å². The maximum Gasteiger partial charge on any atom is 0.122 e. The van der Waals surface area contributed by atoms with E-state index in [2.05, 4.69) is 25.2 Å². The second kappa shape index (κ2) is 7.33. The average Bonchev–Trinajstić information content (AvgIpc) is 2.78. The van der Waals surface area contributed by atoms with Crippen molar-refractivity contribution >= 4 is 11.6 Å². The second-order valence-electron chi connectivity index (χ2n) is 5.92. The summed E-state index contributed by atoms with van der Waals surface area (Å²) in [6.45, 7) is 5.73. The van der Waals surface area contributed by atoms with E-state index in [0.29, 0.717) is 12.0 Å². The molecule has 1 aliphatic carbocycles. The van der Waals surface area contributed by atoms with Gasteiger partial charge in [0.1, 0.15) is 5.75 Å². The van der Waals surface area contributed by atoms with Crippen LogP contribution in [0.2, 0.25) is 5.02 Å². The molecule has 0 aliphatic heterocycles. The molecule has 1 saturated carbocycles. The molecule has 0 heterocycles. The summed E-state index contributed by atoms with van der Waals surface area (Å²) < 4.78 is 5.46. The maximum absolute atomic E-state index is 6.12. The second-order valence-corrected chi connectivity index (χ2v) is 6.35. The first-order valence-corrected chi connectivity index (χ1v) is 8.09. The minimum absolute atomic E-state index is 0.671. The predicted octanol–water partition coefficient (Wildman–Crippen LogP) is 4.31. The molecule has 1 N–H and O–H groups in total. The van der Waals surface area contributed by atoms with Crippen molar-refractivity contribution in [1.29, 1.82) is 0 Å². The van der Waals surface area contributed by atoms with Gasteiger partial charge in [0.15, 0.2) is 0 Å². The molecule has 0 amide bonds. The number of hydrogen-bond donors (Lipinski definition) is 1. The third-order valence-electron chi connectivity index (χ3n) is 4.61. The van der Waals surface area contributed by atoms with Crippen molar-refractivity contribution in [3.05, 3.63) is 28.8 Å². The van der Waals surface area contributed by atoms with Crippen LogP contribution >= 0.6 is 11.6 Å². The lowest BCUT2D eigenvalue weighted by Crippen LogP contribution is -2.33. The Labute approximate surface area is 127 Å². The summed E-state index contributed by atoms with van der Waals surface area (Å²) in [5.41, 5.74) is 1.24. The molecule has 1 aliphatic rings. The van der Waals surface area contributed by atoms with Crippen LogP contribution in [0.15, 0.2) is 18.2 Å². The highest BCUT2D eigenvalue weighted by Gasteiger charge is 2.32. The van der Waals surface area contributed by atoms with Gasteiger partial charge >= 0.3 is 0 Å². The van der Waals surface area contributed by atoms with Crippen molar-refractivity contribution in [3.8, 4) is 5.75 Å². The minimum Gasteiger partial charge on any atom is -0.496 e. The van der Waals surface area contributed by atoms with Gasteiger partial charge in [-0.25, -0.2) is 0 Å². The molecule has 0 aromatic heterocycles. The van der Waals surface area contributed by atoms with Crippen molar-refractivity contribution < 1.29 is 4.74 Å². The number of halogens is 1. The van der Waals surface area contributed by atoms with Gasteiger partial charge < -0.3 is 10.1 Å². The Balaban J connectivity index is 2.02. The Bertz CT molecular complexity index is 435. The fraction of sp³-hybridized carbons (Fsp3) is 0.647. The number of nitrogens with one attached hydrogen (secondary N) is 1. The quantitative estimate of drug-likeness (QED) is 0.844. The topological polar surface area (TPSA) is 21.3 Å². The highest BCUT2D eigenvalue weighted by atomic mass is 35.5. The minimum atomic E-state index is 0.671. The lowest BCUT2D eigenvalue weighted by molar-refractivity contribution is 0.345.